The van der Waals surface area contributed by atoms with Gasteiger partial charge in [-0.15, -0.1) is 11.3 Å². The van der Waals surface area contributed by atoms with Gasteiger partial charge in [0, 0.05) is 19.0 Å². The molecule has 0 aromatic carbocycles. The van der Waals surface area contributed by atoms with Crippen LogP contribution in [0, 0.1) is 6.92 Å². The third-order valence-electron chi connectivity index (χ3n) is 2.00. The number of hydrogen-bond donors (Lipinski definition) is 1. The van der Waals surface area contributed by atoms with E-state index >= 15 is 0 Å². The number of anilines is 2. The second-order valence-corrected chi connectivity index (χ2v) is 4.91. The number of rotatable bonds is 2. The summed E-state index contributed by atoms with van der Waals surface area (Å²) in [6.45, 7) is 2.05. The van der Waals surface area contributed by atoms with Crippen LogP contribution in [0.4, 0.5) is 11.9 Å². The molecule has 0 atom stereocenters. The highest BCUT2D eigenvalue weighted by atomic mass is 32.1. The first kappa shape index (κ1) is 10.8. The predicted octanol–water partition coefficient (Wildman–Crippen LogP) is 1.56. The van der Waals surface area contributed by atoms with Crippen LogP contribution >= 0.6 is 11.3 Å². The van der Waals surface area contributed by atoms with Crippen LogP contribution in [0.1, 0.15) is 4.88 Å². The summed E-state index contributed by atoms with van der Waals surface area (Å²) in [6.07, 6.45) is 0. The van der Waals surface area contributed by atoms with Crippen LogP contribution in [0.15, 0.2) is 12.1 Å². The van der Waals surface area contributed by atoms with Crippen molar-refractivity contribution in [1.29, 1.82) is 0 Å². The summed E-state index contributed by atoms with van der Waals surface area (Å²) in [7, 11) is 3.75. The highest BCUT2D eigenvalue weighted by molar-refractivity contribution is 7.15. The Bertz CT molecular complexity index is 506. The molecule has 0 saturated carbocycles. The molecule has 2 aromatic rings. The fraction of sp³-hybridized carbons (Fsp3) is 0.300. The molecular weight excluding hydrogens is 222 g/mol. The standard InChI is InChI=1S/C10H13N5S/c1-6-4-5-7(16-6)8-12-9(11)14-10(13-8)15(2)3/h4-5H,1-3H3,(H2,11,12,13,14). The van der Waals surface area contributed by atoms with E-state index in [9.17, 15) is 0 Å². The van der Waals surface area contributed by atoms with Crippen LogP contribution in [0.25, 0.3) is 10.7 Å². The predicted molar refractivity (Wildman–Crippen MR) is 66.6 cm³/mol. The molecule has 84 valence electrons. The van der Waals surface area contributed by atoms with E-state index in [2.05, 4.69) is 15.0 Å². The van der Waals surface area contributed by atoms with Crippen LogP contribution in [-0.4, -0.2) is 29.0 Å². The average molecular weight is 235 g/mol. The molecule has 16 heavy (non-hydrogen) atoms. The van der Waals surface area contributed by atoms with Crippen molar-refractivity contribution < 1.29 is 0 Å². The van der Waals surface area contributed by atoms with Gasteiger partial charge in [-0.25, -0.2) is 0 Å². The third-order valence-corrected chi connectivity index (χ3v) is 3.00. The zero-order valence-electron chi connectivity index (χ0n) is 9.43. The normalized spacial score (nSPS) is 10.4. The minimum Gasteiger partial charge on any atom is -0.368 e. The molecule has 0 aliphatic rings. The van der Waals surface area contributed by atoms with Gasteiger partial charge in [0.05, 0.1) is 4.88 Å². The van der Waals surface area contributed by atoms with E-state index in [1.807, 2.05) is 38.1 Å². The Kier molecular flexibility index (Phi) is 2.74. The summed E-state index contributed by atoms with van der Waals surface area (Å²) in [5, 5.41) is 0. The van der Waals surface area contributed by atoms with Crippen LogP contribution < -0.4 is 10.6 Å². The maximum Gasteiger partial charge on any atom is 0.230 e. The van der Waals surface area contributed by atoms with E-state index < -0.39 is 0 Å². The zero-order valence-corrected chi connectivity index (χ0v) is 10.2. The molecule has 0 aliphatic carbocycles. The van der Waals surface area contributed by atoms with Gasteiger partial charge < -0.3 is 10.6 Å². The number of nitrogens with zero attached hydrogens (tertiary/aromatic N) is 4. The third kappa shape index (κ3) is 2.11. The van der Waals surface area contributed by atoms with Crippen molar-refractivity contribution in [1.82, 2.24) is 15.0 Å². The van der Waals surface area contributed by atoms with Crippen molar-refractivity contribution >= 4 is 23.2 Å². The largest absolute Gasteiger partial charge is 0.368 e. The monoisotopic (exact) mass is 235 g/mol. The van der Waals surface area contributed by atoms with Gasteiger partial charge in [0.15, 0.2) is 5.82 Å². The summed E-state index contributed by atoms with van der Waals surface area (Å²) >= 11 is 1.64. The number of nitrogens with two attached hydrogens (primary N) is 1. The van der Waals surface area contributed by atoms with Crippen LogP contribution in [0.5, 0.6) is 0 Å². The fourth-order valence-corrected chi connectivity index (χ4v) is 2.05. The van der Waals surface area contributed by atoms with Gasteiger partial charge in [-0.05, 0) is 19.1 Å². The number of thiophene rings is 1. The minimum atomic E-state index is 0.250. The van der Waals surface area contributed by atoms with Gasteiger partial charge in [-0.3, -0.25) is 0 Å². The summed E-state index contributed by atoms with van der Waals surface area (Å²) in [5.74, 6) is 1.46. The van der Waals surface area contributed by atoms with E-state index in [1.54, 1.807) is 11.3 Å². The Morgan fingerprint density at radius 3 is 2.50 bits per heavy atom. The highest BCUT2D eigenvalue weighted by Crippen LogP contribution is 2.25. The number of aromatic nitrogens is 3. The molecule has 0 bridgehead atoms. The lowest BCUT2D eigenvalue weighted by Gasteiger charge is -2.10. The molecule has 2 rings (SSSR count). The van der Waals surface area contributed by atoms with E-state index in [0.29, 0.717) is 11.8 Å². The second-order valence-electron chi connectivity index (χ2n) is 3.62. The van der Waals surface area contributed by atoms with Crippen molar-refractivity contribution in [2.24, 2.45) is 0 Å². The van der Waals surface area contributed by atoms with Gasteiger partial charge in [-0.1, -0.05) is 0 Å². The molecule has 0 amide bonds. The molecule has 2 N–H and O–H groups in total. The highest BCUT2D eigenvalue weighted by Gasteiger charge is 2.09. The molecule has 5 nitrogen and oxygen atoms in total. The SMILES string of the molecule is Cc1ccc(-c2nc(N)nc(N(C)C)n2)s1. The summed E-state index contributed by atoms with van der Waals surface area (Å²) in [6, 6.07) is 4.03. The smallest absolute Gasteiger partial charge is 0.230 e. The van der Waals surface area contributed by atoms with Gasteiger partial charge in [-0.2, -0.15) is 15.0 Å². The molecule has 0 spiro atoms. The Morgan fingerprint density at radius 2 is 1.94 bits per heavy atom. The fourth-order valence-electron chi connectivity index (χ4n) is 1.25. The molecule has 6 heteroatoms. The van der Waals surface area contributed by atoms with Crippen LogP contribution in [0.2, 0.25) is 0 Å². The van der Waals surface area contributed by atoms with Crippen molar-refractivity contribution in [3.8, 4) is 10.7 Å². The van der Waals surface area contributed by atoms with Crippen molar-refractivity contribution in [3.63, 3.8) is 0 Å². The minimum absolute atomic E-state index is 0.250. The maximum absolute atomic E-state index is 5.66. The Morgan fingerprint density at radius 1 is 1.19 bits per heavy atom. The van der Waals surface area contributed by atoms with E-state index in [0.717, 1.165) is 4.88 Å². The van der Waals surface area contributed by atoms with Gasteiger partial charge in [0.1, 0.15) is 0 Å². The molecule has 0 radical (unpaired) electrons. The molecule has 2 aromatic heterocycles. The molecule has 0 saturated heterocycles. The first-order chi connectivity index (χ1) is 7.56. The number of nitrogen functional groups attached to an aromatic ring is 1. The van der Waals surface area contributed by atoms with E-state index in [-0.39, 0.29) is 5.95 Å². The summed E-state index contributed by atoms with van der Waals surface area (Å²) in [4.78, 5) is 16.6. The van der Waals surface area contributed by atoms with E-state index in [4.69, 9.17) is 5.73 Å². The van der Waals surface area contributed by atoms with Crippen molar-refractivity contribution in [2.75, 3.05) is 24.7 Å². The first-order valence-electron chi connectivity index (χ1n) is 4.82. The van der Waals surface area contributed by atoms with Gasteiger partial charge >= 0.3 is 0 Å². The lowest BCUT2D eigenvalue weighted by molar-refractivity contribution is 0.972. The topological polar surface area (TPSA) is 67.9 Å². The molecule has 0 unspecified atom stereocenters. The van der Waals surface area contributed by atoms with E-state index in [1.165, 1.54) is 4.88 Å². The Balaban J connectivity index is 2.49. The Labute approximate surface area is 98.0 Å². The molecular formula is C10H13N5S. The average Bonchev–Trinajstić information content (AvgIpc) is 2.64. The van der Waals surface area contributed by atoms with Crippen LogP contribution in [0.3, 0.4) is 0 Å². The Hall–Kier alpha value is -1.69. The van der Waals surface area contributed by atoms with Crippen molar-refractivity contribution in [3.05, 3.63) is 17.0 Å². The maximum atomic E-state index is 5.66. The second kappa shape index (κ2) is 4.05. The summed E-state index contributed by atoms with van der Waals surface area (Å²) in [5.41, 5.74) is 5.66. The first-order valence-corrected chi connectivity index (χ1v) is 5.63. The lowest BCUT2D eigenvalue weighted by atomic mass is 10.4. The van der Waals surface area contributed by atoms with Crippen molar-refractivity contribution in [2.45, 2.75) is 6.92 Å². The van der Waals surface area contributed by atoms with Crippen LogP contribution in [-0.2, 0) is 0 Å². The van der Waals surface area contributed by atoms with Gasteiger partial charge in [0.2, 0.25) is 11.9 Å². The zero-order chi connectivity index (χ0) is 11.7. The van der Waals surface area contributed by atoms with Gasteiger partial charge in [0.25, 0.3) is 0 Å². The number of hydrogen-bond acceptors (Lipinski definition) is 6. The molecule has 0 aliphatic heterocycles. The molecule has 0 fully saturated rings. The quantitative estimate of drug-likeness (QED) is 0.855. The molecule has 2 heterocycles. The summed E-state index contributed by atoms with van der Waals surface area (Å²) < 4.78 is 0. The lowest BCUT2D eigenvalue weighted by Crippen LogP contribution is -2.15. The number of aryl methyl sites for hydroxylation is 1.